The Bertz CT molecular complexity index is 641. The van der Waals surface area contributed by atoms with Crippen LogP contribution in [0.4, 0.5) is 5.82 Å². The zero-order valence-electron chi connectivity index (χ0n) is 12.8. The lowest BCUT2D eigenvalue weighted by molar-refractivity contribution is -0.123. The molecule has 0 radical (unpaired) electrons. The van der Waals surface area contributed by atoms with E-state index in [4.69, 9.17) is 5.73 Å². The van der Waals surface area contributed by atoms with E-state index in [9.17, 15) is 4.79 Å². The molecule has 0 saturated carbocycles. The van der Waals surface area contributed by atoms with Gasteiger partial charge in [-0.2, -0.15) is 0 Å². The van der Waals surface area contributed by atoms with Crippen LogP contribution in [-0.2, 0) is 11.3 Å². The molecule has 1 atom stereocenters. The van der Waals surface area contributed by atoms with E-state index >= 15 is 0 Å². The number of anilines is 1. The summed E-state index contributed by atoms with van der Waals surface area (Å²) in [6.07, 6.45) is 0. The third-order valence-corrected chi connectivity index (χ3v) is 3.64. The lowest BCUT2D eigenvalue weighted by atomic mass is 10.1. The molecule has 1 amide bonds. The largest absolute Gasteiger partial charge is 0.359 e. The van der Waals surface area contributed by atoms with Gasteiger partial charge in [-0.05, 0) is 17.7 Å². The summed E-state index contributed by atoms with van der Waals surface area (Å²) in [4.78, 5) is 18.3. The molecule has 1 aromatic carbocycles. The van der Waals surface area contributed by atoms with E-state index < -0.39 is 0 Å². The van der Waals surface area contributed by atoms with E-state index in [1.807, 2.05) is 49.2 Å². The number of nitrogens with two attached hydrogens (primary N) is 1. The third-order valence-electron chi connectivity index (χ3n) is 3.64. The van der Waals surface area contributed by atoms with Crippen molar-refractivity contribution in [2.45, 2.75) is 13.5 Å². The molecule has 5 nitrogen and oxygen atoms in total. The van der Waals surface area contributed by atoms with E-state index in [0.29, 0.717) is 13.1 Å². The first-order valence-electron chi connectivity index (χ1n) is 7.08. The van der Waals surface area contributed by atoms with Crippen LogP contribution in [0.5, 0.6) is 0 Å². The molecular formula is C16H22N4O. The fraction of sp³-hybridized carbons (Fsp3) is 0.375. The number of para-hydroxylation sites is 1. The first-order valence-corrected chi connectivity index (χ1v) is 7.08. The molecule has 21 heavy (non-hydrogen) atoms. The van der Waals surface area contributed by atoms with Gasteiger partial charge >= 0.3 is 0 Å². The number of fused-ring (bicyclic) bond motifs is 1. The van der Waals surface area contributed by atoms with Gasteiger partial charge in [0, 0.05) is 32.6 Å². The van der Waals surface area contributed by atoms with Crippen LogP contribution in [-0.4, -0.2) is 31.5 Å². The zero-order chi connectivity index (χ0) is 15.4. The average molecular weight is 286 g/mol. The second-order valence-corrected chi connectivity index (χ2v) is 5.26. The van der Waals surface area contributed by atoms with Crippen LogP contribution < -0.4 is 16.0 Å². The smallest absolute Gasteiger partial charge is 0.224 e. The van der Waals surface area contributed by atoms with Crippen molar-refractivity contribution >= 4 is 22.6 Å². The number of nitrogens with zero attached hydrogens (tertiary/aromatic N) is 2. The summed E-state index contributed by atoms with van der Waals surface area (Å²) < 4.78 is 0. The summed E-state index contributed by atoms with van der Waals surface area (Å²) in [6, 6.07) is 9.96. The number of hydrogen-bond donors (Lipinski definition) is 2. The van der Waals surface area contributed by atoms with Crippen LogP contribution >= 0.6 is 0 Å². The Kier molecular flexibility index (Phi) is 4.75. The monoisotopic (exact) mass is 286 g/mol. The molecule has 0 fully saturated rings. The first-order chi connectivity index (χ1) is 10.1. The van der Waals surface area contributed by atoms with E-state index in [1.165, 1.54) is 0 Å². The molecule has 0 spiro atoms. The van der Waals surface area contributed by atoms with Gasteiger partial charge in [0.05, 0.1) is 11.4 Å². The summed E-state index contributed by atoms with van der Waals surface area (Å²) in [6.45, 7) is 2.98. The highest BCUT2D eigenvalue weighted by Crippen LogP contribution is 2.22. The van der Waals surface area contributed by atoms with E-state index in [-0.39, 0.29) is 11.8 Å². The summed E-state index contributed by atoms with van der Waals surface area (Å²) in [5, 5.41) is 3.75. The number of benzene rings is 1. The van der Waals surface area contributed by atoms with Crippen molar-refractivity contribution in [2.75, 3.05) is 25.5 Å². The van der Waals surface area contributed by atoms with Crippen LogP contribution in [0.15, 0.2) is 30.3 Å². The van der Waals surface area contributed by atoms with Gasteiger partial charge in [0.2, 0.25) is 5.91 Å². The molecule has 3 N–H and O–H groups in total. The number of rotatable bonds is 5. The molecule has 112 valence electrons. The molecule has 1 heterocycles. The van der Waals surface area contributed by atoms with Crippen LogP contribution in [0.25, 0.3) is 10.9 Å². The Balaban J connectivity index is 2.31. The molecule has 0 saturated heterocycles. The van der Waals surface area contributed by atoms with Crippen molar-refractivity contribution in [3.63, 3.8) is 0 Å². The van der Waals surface area contributed by atoms with Crippen molar-refractivity contribution in [3.05, 3.63) is 35.9 Å². The minimum atomic E-state index is -0.102. The number of hydrogen-bond acceptors (Lipinski definition) is 4. The van der Waals surface area contributed by atoms with E-state index in [0.717, 1.165) is 22.3 Å². The number of carbonyl (C=O) groups is 1. The Morgan fingerprint density at radius 3 is 2.81 bits per heavy atom. The fourth-order valence-electron chi connectivity index (χ4n) is 2.43. The summed E-state index contributed by atoms with van der Waals surface area (Å²) in [5.41, 5.74) is 7.84. The van der Waals surface area contributed by atoms with Gasteiger partial charge in [0.1, 0.15) is 5.82 Å². The number of nitrogens with one attached hydrogen (secondary N) is 1. The maximum atomic E-state index is 11.6. The Labute approximate surface area is 125 Å². The van der Waals surface area contributed by atoms with E-state index in [1.54, 1.807) is 7.05 Å². The van der Waals surface area contributed by atoms with Crippen molar-refractivity contribution in [1.29, 1.82) is 0 Å². The van der Waals surface area contributed by atoms with E-state index in [2.05, 4.69) is 10.3 Å². The van der Waals surface area contributed by atoms with Gasteiger partial charge in [-0.15, -0.1) is 0 Å². The predicted octanol–water partition coefficient (Wildman–Crippen LogP) is 1.51. The third kappa shape index (κ3) is 3.31. The van der Waals surface area contributed by atoms with Crippen molar-refractivity contribution < 1.29 is 4.79 Å². The molecule has 2 aromatic rings. The van der Waals surface area contributed by atoms with Crippen LogP contribution in [0.3, 0.4) is 0 Å². The number of aromatic nitrogens is 1. The van der Waals surface area contributed by atoms with Gasteiger partial charge in [-0.1, -0.05) is 25.1 Å². The van der Waals surface area contributed by atoms with Gasteiger partial charge in [0.15, 0.2) is 0 Å². The Morgan fingerprint density at radius 2 is 2.14 bits per heavy atom. The summed E-state index contributed by atoms with van der Waals surface area (Å²) >= 11 is 0. The standard InChI is InChI=1S/C16H22N4O/c1-11(16(21)18-2)10-20(3)15-8-12(9-17)13-6-4-5-7-14(13)19-15/h4-8,11H,9-10,17H2,1-3H3,(H,18,21). The number of carbonyl (C=O) groups excluding carboxylic acids is 1. The maximum absolute atomic E-state index is 11.6. The molecule has 0 bridgehead atoms. The minimum Gasteiger partial charge on any atom is -0.359 e. The van der Waals surface area contributed by atoms with Gasteiger partial charge in [0.25, 0.3) is 0 Å². The molecule has 5 heteroatoms. The molecular weight excluding hydrogens is 264 g/mol. The second-order valence-electron chi connectivity index (χ2n) is 5.26. The van der Waals surface area contributed by atoms with Gasteiger partial charge in [-0.25, -0.2) is 4.98 Å². The molecule has 1 aromatic heterocycles. The lowest BCUT2D eigenvalue weighted by Gasteiger charge is -2.22. The zero-order valence-corrected chi connectivity index (χ0v) is 12.8. The molecule has 1 unspecified atom stereocenters. The van der Waals surface area contributed by atoms with Crippen LogP contribution in [0.1, 0.15) is 12.5 Å². The Morgan fingerprint density at radius 1 is 1.43 bits per heavy atom. The van der Waals surface area contributed by atoms with Crippen molar-refractivity contribution in [3.8, 4) is 0 Å². The van der Waals surface area contributed by atoms with Crippen molar-refractivity contribution in [2.24, 2.45) is 11.7 Å². The summed E-state index contributed by atoms with van der Waals surface area (Å²) in [5.74, 6) is 0.765. The maximum Gasteiger partial charge on any atom is 0.224 e. The normalized spacial score (nSPS) is 12.2. The topological polar surface area (TPSA) is 71.2 Å². The van der Waals surface area contributed by atoms with Gasteiger partial charge in [-0.3, -0.25) is 4.79 Å². The number of pyridine rings is 1. The van der Waals surface area contributed by atoms with Crippen LogP contribution in [0.2, 0.25) is 0 Å². The highest BCUT2D eigenvalue weighted by Gasteiger charge is 2.15. The predicted molar refractivity (Wildman–Crippen MR) is 86.1 cm³/mol. The van der Waals surface area contributed by atoms with Crippen molar-refractivity contribution in [1.82, 2.24) is 10.3 Å². The number of amides is 1. The summed E-state index contributed by atoms with van der Waals surface area (Å²) in [7, 11) is 3.59. The minimum absolute atomic E-state index is 0.0293. The molecule has 0 aliphatic rings. The fourth-order valence-corrected chi connectivity index (χ4v) is 2.43. The molecule has 0 aliphatic carbocycles. The second kappa shape index (κ2) is 6.54. The van der Waals surface area contributed by atoms with Crippen LogP contribution in [0, 0.1) is 5.92 Å². The first kappa shape index (κ1) is 15.3. The quantitative estimate of drug-likeness (QED) is 0.874. The Hall–Kier alpha value is -2.14. The lowest BCUT2D eigenvalue weighted by Crippen LogP contribution is -2.34. The van der Waals surface area contributed by atoms with Gasteiger partial charge < -0.3 is 16.0 Å². The highest BCUT2D eigenvalue weighted by atomic mass is 16.1. The average Bonchev–Trinajstić information content (AvgIpc) is 2.52. The molecule has 0 aliphatic heterocycles. The molecule has 2 rings (SSSR count). The highest BCUT2D eigenvalue weighted by molar-refractivity contribution is 5.84. The SMILES string of the molecule is CNC(=O)C(C)CN(C)c1cc(CN)c2ccccc2n1.